The van der Waals surface area contributed by atoms with Crippen molar-refractivity contribution in [2.24, 2.45) is 0 Å². The van der Waals surface area contributed by atoms with Crippen LogP contribution in [0.25, 0.3) is 5.69 Å². The van der Waals surface area contributed by atoms with E-state index in [0.717, 1.165) is 11.3 Å². The zero-order valence-electron chi connectivity index (χ0n) is 13.2. The molecule has 5 nitrogen and oxygen atoms in total. The number of rotatable bonds is 3. The van der Waals surface area contributed by atoms with E-state index in [4.69, 9.17) is 0 Å². The van der Waals surface area contributed by atoms with Gasteiger partial charge in [0.05, 0.1) is 5.69 Å². The van der Waals surface area contributed by atoms with Gasteiger partial charge in [-0.15, -0.1) is 15.0 Å². The van der Waals surface area contributed by atoms with Gasteiger partial charge in [-0.2, -0.15) is 5.26 Å². The van der Waals surface area contributed by atoms with E-state index in [1.54, 1.807) is 4.80 Å². The van der Waals surface area contributed by atoms with E-state index in [9.17, 15) is 5.26 Å². The van der Waals surface area contributed by atoms with Gasteiger partial charge in [0.2, 0.25) is 5.69 Å². The number of benzene rings is 1. The molecule has 1 aliphatic rings. The first-order chi connectivity index (χ1) is 10.7. The second kappa shape index (κ2) is 6.18. The fourth-order valence-electron chi connectivity index (χ4n) is 3.15. The molecule has 1 aliphatic carbocycles. The number of aromatic nitrogens is 3. The van der Waals surface area contributed by atoms with Crippen LogP contribution in [0.4, 0.5) is 5.82 Å². The number of hydrogen-bond donors (Lipinski definition) is 0. The molecule has 0 N–H and O–H groups in total. The quantitative estimate of drug-likeness (QED) is 0.872. The minimum absolute atomic E-state index is 0.399. The van der Waals surface area contributed by atoms with E-state index in [-0.39, 0.29) is 0 Å². The summed E-state index contributed by atoms with van der Waals surface area (Å²) in [7, 11) is 2.03. The lowest BCUT2D eigenvalue weighted by molar-refractivity contribution is 0.425. The van der Waals surface area contributed by atoms with Crippen LogP contribution in [-0.2, 0) is 0 Å². The van der Waals surface area contributed by atoms with E-state index in [2.05, 4.69) is 21.2 Å². The Hall–Kier alpha value is -2.35. The molecule has 0 saturated heterocycles. The largest absolute Gasteiger partial charge is 0.353 e. The standard InChI is InChI=1S/C17H21N5/c1-13-8-6-7-11-16(13)22-19-15(12-18)17(20-22)21(2)14-9-4-3-5-10-14/h6-8,11,14H,3-5,9-10H2,1-2H3. The fourth-order valence-corrected chi connectivity index (χ4v) is 3.15. The molecule has 0 amide bonds. The van der Waals surface area contributed by atoms with E-state index >= 15 is 0 Å². The van der Waals surface area contributed by atoms with E-state index in [1.165, 1.54) is 32.1 Å². The normalized spacial score (nSPS) is 15.5. The zero-order valence-corrected chi connectivity index (χ0v) is 13.2. The Morgan fingerprint density at radius 1 is 1.18 bits per heavy atom. The second-order valence-electron chi connectivity index (χ2n) is 5.96. The van der Waals surface area contributed by atoms with Crippen LogP contribution >= 0.6 is 0 Å². The van der Waals surface area contributed by atoms with Gasteiger partial charge in [0.15, 0.2) is 5.82 Å². The minimum atomic E-state index is 0.399. The molecule has 22 heavy (non-hydrogen) atoms. The summed E-state index contributed by atoms with van der Waals surface area (Å²) in [5, 5.41) is 18.4. The molecule has 114 valence electrons. The van der Waals surface area contributed by atoms with Crippen LogP contribution in [0.1, 0.15) is 43.4 Å². The molecule has 3 rings (SSSR count). The van der Waals surface area contributed by atoms with E-state index < -0.39 is 0 Å². The van der Waals surface area contributed by atoms with Crippen LogP contribution in [0, 0.1) is 18.3 Å². The third-order valence-electron chi connectivity index (χ3n) is 4.49. The summed E-state index contributed by atoms with van der Waals surface area (Å²) >= 11 is 0. The van der Waals surface area contributed by atoms with Crippen LogP contribution in [0.3, 0.4) is 0 Å². The van der Waals surface area contributed by atoms with Gasteiger partial charge in [-0.1, -0.05) is 37.5 Å². The van der Waals surface area contributed by atoms with Crippen LogP contribution in [0.5, 0.6) is 0 Å². The summed E-state index contributed by atoms with van der Waals surface area (Å²) < 4.78 is 0. The van der Waals surface area contributed by atoms with Crippen molar-refractivity contribution in [1.82, 2.24) is 15.0 Å². The van der Waals surface area contributed by atoms with Crippen molar-refractivity contribution < 1.29 is 0 Å². The lowest BCUT2D eigenvalue weighted by Crippen LogP contribution is -2.34. The summed E-state index contributed by atoms with van der Waals surface area (Å²) in [4.78, 5) is 3.72. The Labute approximate surface area is 131 Å². The Morgan fingerprint density at radius 2 is 1.91 bits per heavy atom. The first-order valence-electron chi connectivity index (χ1n) is 7.87. The highest BCUT2D eigenvalue weighted by molar-refractivity contribution is 5.51. The maximum atomic E-state index is 9.40. The van der Waals surface area contributed by atoms with Crippen LogP contribution in [0.15, 0.2) is 24.3 Å². The minimum Gasteiger partial charge on any atom is -0.353 e. The van der Waals surface area contributed by atoms with Gasteiger partial charge in [-0.3, -0.25) is 0 Å². The Bertz CT molecular complexity index is 691. The number of nitrogens with zero attached hydrogens (tertiary/aromatic N) is 5. The Morgan fingerprint density at radius 3 is 2.59 bits per heavy atom. The maximum Gasteiger partial charge on any atom is 0.207 e. The van der Waals surface area contributed by atoms with Crippen molar-refractivity contribution in [2.45, 2.75) is 45.1 Å². The zero-order chi connectivity index (χ0) is 15.5. The summed E-state index contributed by atoms with van der Waals surface area (Å²) in [6.45, 7) is 2.02. The predicted octanol–water partition coefficient (Wildman–Crippen LogP) is 3.22. The topological polar surface area (TPSA) is 57.7 Å². The highest BCUT2D eigenvalue weighted by atomic mass is 15.5. The van der Waals surface area contributed by atoms with Crippen LogP contribution < -0.4 is 4.90 Å². The number of anilines is 1. The lowest BCUT2D eigenvalue weighted by Gasteiger charge is -2.31. The molecule has 1 fully saturated rings. The third-order valence-corrected chi connectivity index (χ3v) is 4.49. The highest BCUT2D eigenvalue weighted by Gasteiger charge is 2.24. The molecule has 1 heterocycles. The molecule has 1 saturated carbocycles. The van der Waals surface area contributed by atoms with Gasteiger partial charge < -0.3 is 4.90 Å². The smallest absolute Gasteiger partial charge is 0.207 e. The lowest BCUT2D eigenvalue weighted by atomic mass is 9.94. The number of hydrogen-bond acceptors (Lipinski definition) is 4. The Balaban J connectivity index is 1.95. The number of aryl methyl sites for hydroxylation is 1. The summed E-state index contributed by atoms with van der Waals surface area (Å²) in [6.07, 6.45) is 6.15. The molecule has 0 aliphatic heterocycles. The van der Waals surface area contributed by atoms with E-state index in [1.807, 2.05) is 38.2 Å². The first kappa shape index (κ1) is 14.6. The Kier molecular flexibility index (Phi) is 4.10. The van der Waals surface area contributed by atoms with E-state index in [0.29, 0.717) is 17.6 Å². The molecule has 1 aromatic carbocycles. The van der Waals surface area contributed by atoms with Gasteiger partial charge in [0.25, 0.3) is 0 Å². The van der Waals surface area contributed by atoms with Crippen molar-refractivity contribution in [3.8, 4) is 11.8 Å². The van der Waals surface area contributed by atoms with Crippen molar-refractivity contribution >= 4 is 5.82 Å². The number of nitriles is 1. The van der Waals surface area contributed by atoms with Gasteiger partial charge >= 0.3 is 0 Å². The fraction of sp³-hybridized carbons (Fsp3) is 0.471. The average molecular weight is 295 g/mol. The molecule has 0 unspecified atom stereocenters. The highest BCUT2D eigenvalue weighted by Crippen LogP contribution is 2.27. The summed E-state index contributed by atoms with van der Waals surface area (Å²) in [6, 6.07) is 10.6. The molecule has 5 heteroatoms. The average Bonchev–Trinajstić information content (AvgIpc) is 2.99. The van der Waals surface area contributed by atoms with Crippen LogP contribution in [0.2, 0.25) is 0 Å². The number of para-hydroxylation sites is 1. The molecular formula is C17H21N5. The second-order valence-corrected chi connectivity index (χ2v) is 5.96. The molecule has 0 atom stereocenters. The van der Waals surface area contributed by atoms with Crippen molar-refractivity contribution in [3.05, 3.63) is 35.5 Å². The van der Waals surface area contributed by atoms with Crippen molar-refractivity contribution in [1.29, 1.82) is 5.26 Å². The molecule has 0 radical (unpaired) electrons. The predicted molar refractivity (Wildman–Crippen MR) is 86.1 cm³/mol. The molecule has 0 spiro atoms. The monoisotopic (exact) mass is 295 g/mol. The van der Waals surface area contributed by atoms with Gasteiger partial charge in [0.1, 0.15) is 6.07 Å². The SMILES string of the molecule is Cc1ccccc1-n1nc(C#N)c(N(C)C2CCCCC2)n1. The third kappa shape index (κ3) is 2.69. The molecule has 2 aromatic rings. The van der Waals surface area contributed by atoms with Gasteiger partial charge in [0, 0.05) is 13.1 Å². The molecule has 1 aromatic heterocycles. The van der Waals surface area contributed by atoms with Crippen molar-refractivity contribution in [2.75, 3.05) is 11.9 Å². The molecular weight excluding hydrogens is 274 g/mol. The van der Waals surface area contributed by atoms with Gasteiger partial charge in [-0.25, -0.2) is 0 Å². The van der Waals surface area contributed by atoms with Crippen molar-refractivity contribution in [3.63, 3.8) is 0 Å². The summed E-state index contributed by atoms with van der Waals surface area (Å²) in [5.41, 5.74) is 2.41. The maximum absolute atomic E-state index is 9.40. The first-order valence-corrected chi connectivity index (χ1v) is 7.87. The summed E-state index contributed by atoms with van der Waals surface area (Å²) in [5.74, 6) is 0.692. The molecule has 0 bridgehead atoms. The van der Waals surface area contributed by atoms with Crippen LogP contribution in [-0.4, -0.2) is 28.1 Å². The van der Waals surface area contributed by atoms with Gasteiger partial charge in [-0.05, 0) is 31.4 Å².